The summed E-state index contributed by atoms with van der Waals surface area (Å²) in [6, 6.07) is 5.65. The Morgan fingerprint density at radius 3 is 2.80 bits per heavy atom. The maximum atomic E-state index is 12.9. The maximum Gasteiger partial charge on any atom is 0.307 e. The molecule has 0 radical (unpaired) electrons. The van der Waals surface area contributed by atoms with E-state index in [4.69, 9.17) is 5.11 Å². The molecule has 110 valence electrons. The molecular weight excluding hydrogens is 287 g/mol. The van der Waals surface area contributed by atoms with E-state index in [1.807, 2.05) is 0 Å². The average Bonchev–Trinajstić information content (AvgIpc) is 2.77. The second-order valence-corrected chi connectivity index (χ2v) is 4.62. The first-order valence-electron chi connectivity index (χ1n) is 6.05. The number of halogens is 2. The molecule has 5 nitrogen and oxygen atoms in total. The van der Waals surface area contributed by atoms with Gasteiger partial charge in [-0.1, -0.05) is 6.07 Å². The molecule has 1 fully saturated rings. The number of carboxylic acids is 1. The van der Waals surface area contributed by atoms with Gasteiger partial charge in [-0.05, 0) is 31.2 Å². The number of benzene rings is 1. The number of hydrogen-bond donors (Lipinski definition) is 2. The van der Waals surface area contributed by atoms with E-state index >= 15 is 0 Å². The molecule has 2 rings (SSSR count). The zero-order valence-corrected chi connectivity index (χ0v) is 11.5. The lowest BCUT2D eigenvalue weighted by atomic mass is 10.1. The number of rotatable bonds is 4. The van der Waals surface area contributed by atoms with Crippen LogP contribution in [0.5, 0.6) is 0 Å². The van der Waals surface area contributed by atoms with Crippen molar-refractivity contribution in [3.63, 3.8) is 0 Å². The van der Waals surface area contributed by atoms with E-state index < -0.39 is 17.7 Å². The van der Waals surface area contributed by atoms with Crippen LogP contribution in [0.4, 0.5) is 10.1 Å². The van der Waals surface area contributed by atoms with Crippen molar-refractivity contribution >= 4 is 30.0 Å². The third kappa shape index (κ3) is 4.47. The number of hydrogen-bond acceptors (Lipinski definition) is 3. The molecule has 1 atom stereocenters. The van der Waals surface area contributed by atoms with E-state index in [9.17, 15) is 14.0 Å². The van der Waals surface area contributed by atoms with Gasteiger partial charge in [0.25, 0.3) is 0 Å². The second-order valence-electron chi connectivity index (χ2n) is 4.62. The molecule has 1 saturated heterocycles. The highest BCUT2D eigenvalue weighted by molar-refractivity contribution is 5.92. The maximum absolute atomic E-state index is 12.9. The quantitative estimate of drug-likeness (QED) is 0.886. The summed E-state index contributed by atoms with van der Waals surface area (Å²) in [6.45, 7) is 1.10. The lowest BCUT2D eigenvalue weighted by Gasteiger charge is -2.14. The van der Waals surface area contributed by atoms with E-state index in [0.717, 1.165) is 0 Å². The molecule has 0 spiro atoms. The molecule has 1 aromatic carbocycles. The van der Waals surface area contributed by atoms with E-state index in [2.05, 4.69) is 5.32 Å². The number of nitrogens with one attached hydrogen (secondary N) is 1. The first kappa shape index (κ1) is 16.4. The zero-order chi connectivity index (χ0) is 13.8. The van der Waals surface area contributed by atoms with Gasteiger partial charge in [-0.15, -0.1) is 12.4 Å². The minimum absolute atomic E-state index is 0. The van der Waals surface area contributed by atoms with E-state index in [0.29, 0.717) is 25.2 Å². The van der Waals surface area contributed by atoms with Gasteiger partial charge < -0.3 is 10.4 Å². The topological polar surface area (TPSA) is 69.6 Å². The highest BCUT2D eigenvalue weighted by Gasteiger charge is 2.28. The number of anilines is 1. The largest absolute Gasteiger partial charge is 0.481 e. The van der Waals surface area contributed by atoms with E-state index in [-0.39, 0.29) is 24.9 Å². The summed E-state index contributed by atoms with van der Waals surface area (Å²) in [5.74, 6) is -1.91. The molecule has 1 unspecified atom stereocenters. The Balaban J connectivity index is 0.00000200. The molecule has 1 aromatic rings. The van der Waals surface area contributed by atoms with Crippen LogP contribution in [-0.2, 0) is 9.59 Å². The van der Waals surface area contributed by atoms with Crippen LogP contribution in [0.15, 0.2) is 24.3 Å². The molecule has 0 aromatic heterocycles. The molecular formula is C13H16ClFN2O3. The normalized spacial score (nSPS) is 18.4. The molecule has 0 saturated carbocycles. The Hall–Kier alpha value is -1.66. The van der Waals surface area contributed by atoms with Crippen molar-refractivity contribution in [2.24, 2.45) is 5.92 Å². The lowest BCUT2D eigenvalue weighted by Crippen LogP contribution is -2.32. The average molecular weight is 303 g/mol. The van der Waals surface area contributed by atoms with Gasteiger partial charge in [-0.2, -0.15) is 0 Å². The number of nitrogens with zero attached hydrogens (tertiary/aromatic N) is 1. The predicted molar refractivity (Wildman–Crippen MR) is 74.5 cm³/mol. The molecule has 1 aliphatic rings. The van der Waals surface area contributed by atoms with E-state index in [1.165, 1.54) is 18.2 Å². The number of amides is 1. The van der Waals surface area contributed by atoms with Crippen LogP contribution < -0.4 is 5.32 Å². The summed E-state index contributed by atoms with van der Waals surface area (Å²) in [4.78, 5) is 24.3. The van der Waals surface area contributed by atoms with Crippen molar-refractivity contribution in [2.75, 3.05) is 25.0 Å². The Morgan fingerprint density at radius 2 is 2.20 bits per heavy atom. The minimum Gasteiger partial charge on any atom is -0.481 e. The van der Waals surface area contributed by atoms with Gasteiger partial charge >= 0.3 is 5.97 Å². The Bertz CT molecular complexity index is 498. The van der Waals surface area contributed by atoms with Gasteiger partial charge in [0, 0.05) is 12.2 Å². The van der Waals surface area contributed by atoms with E-state index in [1.54, 1.807) is 11.0 Å². The molecule has 20 heavy (non-hydrogen) atoms. The monoisotopic (exact) mass is 302 g/mol. The summed E-state index contributed by atoms with van der Waals surface area (Å²) in [5, 5.41) is 11.4. The van der Waals surface area contributed by atoms with Crippen LogP contribution in [0.1, 0.15) is 6.42 Å². The first-order valence-corrected chi connectivity index (χ1v) is 6.05. The van der Waals surface area contributed by atoms with Crippen molar-refractivity contribution in [3.05, 3.63) is 30.1 Å². The number of carbonyl (C=O) groups excluding carboxylic acids is 1. The summed E-state index contributed by atoms with van der Waals surface area (Å²) >= 11 is 0. The highest BCUT2D eigenvalue weighted by atomic mass is 35.5. The standard InChI is InChI=1S/C13H15FN2O3.ClH/c14-10-2-1-3-11(6-10)15-12(17)8-16-5-4-9(7-16)13(18)19;/h1-3,6,9H,4-5,7-8H2,(H,15,17)(H,18,19);1H. The fraction of sp³-hybridized carbons (Fsp3) is 0.385. The Kier molecular flexibility index (Phi) is 5.91. The molecule has 1 heterocycles. The first-order chi connectivity index (χ1) is 9.04. The van der Waals surface area contributed by atoms with Gasteiger partial charge in [-0.25, -0.2) is 4.39 Å². The SMILES string of the molecule is Cl.O=C(CN1CCC(C(=O)O)C1)Nc1cccc(F)c1. The van der Waals surface area contributed by atoms with Crippen LogP contribution in [0.25, 0.3) is 0 Å². The third-order valence-corrected chi connectivity index (χ3v) is 3.10. The second kappa shape index (κ2) is 7.21. The summed E-state index contributed by atoms with van der Waals surface area (Å²) < 4.78 is 12.9. The predicted octanol–water partition coefficient (Wildman–Crippen LogP) is 1.59. The van der Waals surface area contributed by atoms with Crippen LogP contribution in [0, 0.1) is 11.7 Å². The fourth-order valence-corrected chi connectivity index (χ4v) is 2.15. The summed E-state index contributed by atoms with van der Waals surface area (Å²) in [7, 11) is 0. The van der Waals surface area contributed by atoms with Crippen LogP contribution >= 0.6 is 12.4 Å². The van der Waals surface area contributed by atoms with Crippen LogP contribution in [-0.4, -0.2) is 41.5 Å². The molecule has 0 bridgehead atoms. The Labute approximate surface area is 122 Å². The van der Waals surface area contributed by atoms with Crippen molar-refractivity contribution in [2.45, 2.75) is 6.42 Å². The van der Waals surface area contributed by atoms with Crippen molar-refractivity contribution in [1.29, 1.82) is 0 Å². The number of aliphatic carboxylic acids is 1. The summed E-state index contributed by atoms with van der Waals surface area (Å²) in [5.41, 5.74) is 0.402. The molecule has 7 heteroatoms. The fourth-order valence-electron chi connectivity index (χ4n) is 2.15. The van der Waals surface area contributed by atoms with Gasteiger partial charge in [0.2, 0.25) is 5.91 Å². The molecule has 1 aliphatic heterocycles. The van der Waals surface area contributed by atoms with Crippen LogP contribution in [0.3, 0.4) is 0 Å². The summed E-state index contributed by atoms with van der Waals surface area (Å²) in [6.07, 6.45) is 0.558. The van der Waals surface area contributed by atoms with Crippen molar-refractivity contribution in [1.82, 2.24) is 4.90 Å². The minimum atomic E-state index is -0.826. The molecule has 2 N–H and O–H groups in total. The highest BCUT2D eigenvalue weighted by Crippen LogP contribution is 2.16. The number of carbonyl (C=O) groups is 2. The molecule has 0 aliphatic carbocycles. The van der Waals surface area contributed by atoms with Gasteiger partial charge in [0.05, 0.1) is 12.5 Å². The Morgan fingerprint density at radius 1 is 1.45 bits per heavy atom. The third-order valence-electron chi connectivity index (χ3n) is 3.10. The number of carboxylic acid groups (broad SMARTS) is 1. The molecule has 1 amide bonds. The van der Waals surface area contributed by atoms with Gasteiger partial charge in [-0.3, -0.25) is 14.5 Å². The smallest absolute Gasteiger partial charge is 0.307 e. The van der Waals surface area contributed by atoms with Crippen LogP contribution in [0.2, 0.25) is 0 Å². The van der Waals surface area contributed by atoms with Gasteiger partial charge in [0.1, 0.15) is 5.82 Å². The zero-order valence-electron chi connectivity index (χ0n) is 10.7. The van der Waals surface area contributed by atoms with Crippen molar-refractivity contribution in [3.8, 4) is 0 Å². The lowest BCUT2D eigenvalue weighted by molar-refractivity contribution is -0.141. The van der Waals surface area contributed by atoms with Gasteiger partial charge in [0.15, 0.2) is 0 Å². The number of likely N-dealkylation sites (tertiary alicyclic amines) is 1. The van der Waals surface area contributed by atoms with Crippen molar-refractivity contribution < 1.29 is 19.1 Å².